The first-order chi connectivity index (χ1) is 9.22. The molecule has 0 saturated heterocycles. The minimum absolute atomic E-state index is 0.250. The van der Waals surface area contributed by atoms with Crippen LogP contribution in [0.5, 0.6) is 5.75 Å². The Morgan fingerprint density at radius 1 is 1.21 bits per heavy atom. The van der Waals surface area contributed by atoms with Crippen LogP contribution < -0.4 is 10.5 Å². The van der Waals surface area contributed by atoms with Gasteiger partial charge in [0, 0.05) is 9.75 Å². The van der Waals surface area contributed by atoms with Crippen LogP contribution in [0, 0.1) is 5.82 Å². The number of benzene rings is 1. The highest BCUT2D eigenvalue weighted by atomic mass is 32.1. The Balaban J connectivity index is 2.05. The lowest BCUT2D eigenvalue weighted by Crippen LogP contribution is -2.05. The minimum atomic E-state index is -0.250. The third kappa shape index (κ3) is 3.78. The number of hydrogen-bond donors (Lipinski definition) is 1. The molecule has 0 spiro atoms. The Bertz CT molecular complexity index is 539. The molecule has 1 heterocycles. The molecular formula is C15H18FNOS. The second kappa shape index (κ2) is 6.68. The maximum Gasteiger partial charge on any atom is 0.123 e. The van der Waals surface area contributed by atoms with E-state index in [9.17, 15) is 4.39 Å². The van der Waals surface area contributed by atoms with Crippen LogP contribution in [-0.4, -0.2) is 6.54 Å². The van der Waals surface area contributed by atoms with E-state index in [0.29, 0.717) is 19.6 Å². The molecule has 4 heteroatoms. The van der Waals surface area contributed by atoms with Gasteiger partial charge in [-0.15, -0.1) is 11.3 Å². The summed E-state index contributed by atoms with van der Waals surface area (Å²) in [5, 5.41) is 0. The van der Waals surface area contributed by atoms with E-state index in [-0.39, 0.29) is 5.82 Å². The zero-order chi connectivity index (χ0) is 13.7. The highest BCUT2D eigenvalue weighted by molar-refractivity contribution is 7.11. The van der Waals surface area contributed by atoms with Crippen molar-refractivity contribution >= 4 is 11.3 Å². The summed E-state index contributed by atoms with van der Waals surface area (Å²) in [5.74, 6) is 0.471. The normalized spacial score (nSPS) is 10.7. The zero-order valence-corrected chi connectivity index (χ0v) is 11.8. The predicted molar refractivity (Wildman–Crippen MR) is 77.2 cm³/mol. The summed E-state index contributed by atoms with van der Waals surface area (Å²) in [5.41, 5.74) is 6.36. The van der Waals surface area contributed by atoms with Gasteiger partial charge in [-0.2, -0.15) is 0 Å². The second-order valence-corrected chi connectivity index (χ2v) is 5.55. The van der Waals surface area contributed by atoms with E-state index in [4.69, 9.17) is 10.5 Å². The van der Waals surface area contributed by atoms with Crippen molar-refractivity contribution in [3.05, 3.63) is 51.5 Å². The third-order valence-corrected chi connectivity index (χ3v) is 4.07. The van der Waals surface area contributed by atoms with Gasteiger partial charge in [-0.25, -0.2) is 4.39 Å². The van der Waals surface area contributed by atoms with Crippen LogP contribution in [0.3, 0.4) is 0 Å². The van der Waals surface area contributed by atoms with Crippen LogP contribution in [0.15, 0.2) is 30.3 Å². The lowest BCUT2D eigenvalue weighted by atomic mass is 10.1. The number of ether oxygens (including phenoxy) is 1. The van der Waals surface area contributed by atoms with Crippen molar-refractivity contribution in [3.63, 3.8) is 0 Å². The molecule has 0 atom stereocenters. The van der Waals surface area contributed by atoms with E-state index < -0.39 is 0 Å². The molecule has 0 fully saturated rings. The quantitative estimate of drug-likeness (QED) is 0.878. The number of aryl methyl sites for hydroxylation is 1. The van der Waals surface area contributed by atoms with Gasteiger partial charge < -0.3 is 10.5 Å². The molecule has 0 aliphatic carbocycles. The van der Waals surface area contributed by atoms with Gasteiger partial charge in [-0.1, -0.05) is 6.92 Å². The fraction of sp³-hybridized carbons (Fsp3) is 0.333. The summed E-state index contributed by atoms with van der Waals surface area (Å²) in [6, 6.07) is 8.79. The van der Waals surface area contributed by atoms with Crippen molar-refractivity contribution in [1.29, 1.82) is 0 Å². The first-order valence-electron chi connectivity index (χ1n) is 6.41. The number of hydrogen-bond acceptors (Lipinski definition) is 3. The lowest BCUT2D eigenvalue weighted by Gasteiger charge is -2.10. The number of halogens is 1. The van der Waals surface area contributed by atoms with Crippen molar-refractivity contribution in [2.24, 2.45) is 5.73 Å². The molecule has 0 aliphatic heterocycles. The molecule has 0 bridgehead atoms. The maximum atomic E-state index is 13.2. The first kappa shape index (κ1) is 14.0. The number of nitrogens with two attached hydrogens (primary N) is 1. The van der Waals surface area contributed by atoms with Gasteiger partial charge in [-0.05, 0) is 55.3 Å². The summed E-state index contributed by atoms with van der Waals surface area (Å²) in [6.45, 7) is 3.14. The number of thiophene rings is 1. The lowest BCUT2D eigenvalue weighted by molar-refractivity contribution is 0.306. The van der Waals surface area contributed by atoms with Crippen molar-refractivity contribution in [2.45, 2.75) is 26.4 Å². The molecule has 2 aromatic rings. The van der Waals surface area contributed by atoms with Gasteiger partial charge in [0.25, 0.3) is 0 Å². The molecule has 102 valence electrons. The van der Waals surface area contributed by atoms with Gasteiger partial charge in [0.2, 0.25) is 0 Å². The molecule has 2 nitrogen and oxygen atoms in total. The van der Waals surface area contributed by atoms with Crippen LogP contribution in [0.1, 0.15) is 22.2 Å². The van der Waals surface area contributed by atoms with E-state index in [2.05, 4.69) is 19.1 Å². The van der Waals surface area contributed by atoms with Crippen LogP contribution in [0.4, 0.5) is 4.39 Å². The summed E-state index contributed by atoms with van der Waals surface area (Å²) in [6.07, 6.45) is 1.66. The fourth-order valence-electron chi connectivity index (χ4n) is 1.88. The molecule has 19 heavy (non-hydrogen) atoms. The second-order valence-electron chi connectivity index (χ2n) is 4.30. The summed E-state index contributed by atoms with van der Waals surface area (Å²) < 4.78 is 19.0. The van der Waals surface area contributed by atoms with Crippen molar-refractivity contribution in [2.75, 3.05) is 6.54 Å². The van der Waals surface area contributed by atoms with Gasteiger partial charge >= 0.3 is 0 Å². The molecule has 1 aromatic heterocycles. The van der Waals surface area contributed by atoms with Crippen LogP contribution >= 0.6 is 11.3 Å². The Morgan fingerprint density at radius 3 is 2.68 bits per heavy atom. The van der Waals surface area contributed by atoms with E-state index in [1.165, 1.54) is 21.9 Å². The molecule has 0 radical (unpaired) electrons. The van der Waals surface area contributed by atoms with Crippen LogP contribution in [-0.2, 0) is 19.4 Å². The Morgan fingerprint density at radius 2 is 2.00 bits per heavy atom. The minimum Gasteiger partial charge on any atom is -0.488 e. The van der Waals surface area contributed by atoms with Gasteiger partial charge in [0.15, 0.2) is 0 Å². The van der Waals surface area contributed by atoms with Gasteiger partial charge in [0.1, 0.15) is 18.2 Å². The maximum absolute atomic E-state index is 13.2. The van der Waals surface area contributed by atoms with Gasteiger partial charge in [0.05, 0.1) is 0 Å². The van der Waals surface area contributed by atoms with Crippen molar-refractivity contribution < 1.29 is 9.13 Å². The SMILES string of the molecule is CCc1ccc(COc2ccc(F)cc2CCN)s1. The average molecular weight is 279 g/mol. The van der Waals surface area contributed by atoms with E-state index in [1.807, 2.05) is 0 Å². The highest BCUT2D eigenvalue weighted by Gasteiger charge is 2.06. The Kier molecular flexibility index (Phi) is 4.93. The molecule has 0 unspecified atom stereocenters. The average Bonchev–Trinajstić information content (AvgIpc) is 2.86. The first-order valence-corrected chi connectivity index (χ1v) is 7.23. The smallest absolute Gasteiger partial charge is 0.123 e. The summed E-state index contributed by atoms with van der Waals surface area (Å²) in [7, 11) is 0. The van der Waals surface area contributed by atoms with Crippen molar-refractivity contribution in [1.82, 2.24) is 0 Å². The largest absolute Gasteiger partial charge is 0.488 e. The molecule has 2 N–H and O–H groups in total. The molecule has 2 rings (SSSR count). The molecule has 0 aliphatic rings. The molecule has 0 amide bonds. The Hall–Kier alpha value is -1.39. The summed E-state index contributed by atoms with van der Waals surface area (Å²) >= 11 is 1.75. The third-order valence-electron chi connectivity index (χ3n) is 2.87. The molecule has 0 saturated carbocycles. The monoisotopic (exact) mass is 279 g/mol. The molecular weight excluding hydrogens is 261 g/mol. The van der Waals surface area contributed by atoms with E-state index in [0.717, 1.165) is 17.7 Å². The van der Waals surface area contributed by atoms with Crippen LogP contribution in [0.2, 0.25) is 0 Å². The fourth-order valence-corrected chi connectivity index (χ4v) is 2.75. The topological polar surface area (TPSA) is 35.2 Å². The highest BCUT2D eigenvalue weighted by Crippen LogP contribution is 2.23. The standard InChI is InChI=1S/C15H18FNOS/c1-2-13-4-5-14(19-13)10-18-15-6-3-12(16)9-11(15)7-8-17/h3-6,9H,2,7-8,10,17H2,1H3. The summed E-state index contributed by atoms with van der Waals surface area (Å²) in [4.78, 5) is 2.53. The predicted octanol–water partition coefficient (Wildman–Crippen LogP) is 3.53. The van der Waals surface area contributed by atoms with Crippen LogP contribution in [0.25, 0.3) is 0 Å². The van der Waals surface area contributed by atoms with E-state index >= 15 is 0 Å². The number of rotatable bonds is 6. The molecule has 1 aromatic carbocycles. The van der Waals surface area contributed by atoms with Crippen molar-refractivity contribution in [3.8, 4) is 5.75 Å². The Labute approximate surface area is 117 Å². The van der Waals surface area contributed by atoms with Gasteiger partial charge in [-0.3, -0.25) is 0 Å². The zero-order valence-electron chi connectivity index (χ0n) is 11.0. The van der Waals surface area contributed by atoms with E-state index in [1.54, 1.807) is 17.4 Å².